The monoisotopic (exact) mass is 1100 g/mol. The van der Waals surface area contributed by atoms with Gasteiger partial charge in [0.2, 0.25) is 5.75 Å². The highest BCUT2D eigenvalue weighted by atomic mass is 16.8. The molecule has 0 radical (unpaired) electrons. The van der Waals surface area contributed by atoms with Crippen molar-refractivity contribution in [2.45, 2.75) is 98.6 Å². The van der Waals surface area contributed by atoms with Crippen molar-refractivity contribution >= 4 is 0 Å². The number of phenols is 10. The summed E-state index contributed by atoms with van der Waals surface area (Å²) in [5, 5.41) is 180. The maximum absolute atomic E-state index is 12.5. The maximum Gasteiger partial charge on any atom is 0.305 e. The molecule has 13 atom stereocenters. The smallest absolute Gasteiger partial charge is 0.305 e. The first-order valence-electron chi connectivity index (χ1n) is 24.7. The molecule has 418 valence electrons. The lowest BCUT2D eigenvalue weighted by molar-refractivity contribution is -0.345. The topological polar surface area (TPSA) is 398 Å². The molecule has 24 heteroatoms. The second-order valence-electron chi connectivity index (χ2n) is 20.0. The number of aliphatic hydroxyl groups excluding tert-OH is 6. The fraction of sp³-hybridized carbons (Fsp3) is 0.345. The number of hydrogen-bond donors (Lipinski definition) is 16. The molecule has 79 heavy (non-hydrogen) atoms. The van der Waals surface area contributed by atoms with E-state index < -0.39 is 149 Å². The predicted octanol–water partition coefficient (Wildman–Crippen LogP) is 2.94. The summed E-state index contributed by atoms with van der Waals surface area (Å²) in [6.07, 6.45) is -17.6. The van der Waals surface area contributed by atoms with Crippen molar-refractivity contribution in [3.8, 4) is 92.0 Å². The van der Waals surface area contributed by atoms with E-state index in [0.717, 1.165) is 36.4 Å². The van der Waals surface area contributed by atoms with Crippen molar-refractivity contribution < 1.29 is 120 Å². The Morgan fingerprint density at radius 1 is 0.557 bits per heavy atom. The first-order chi connectivity index (χ1) is 37.6. The second-order valence-corrected chi connectivity index (χ2v) is 20.0. The van der Waals surface area contributed by atoms with Crippen LogP contribution in [0.4, 0.5) is 0 Å². The molecule has 2 bridgehead atoms. The molecule has 1 saturated heterocycles. The van der Waals surface area contributed by atoms with Gasteiger partial charge in [-0.1, -0.05) is 19.1 Å². The molecule has 0 amide bonds. The quantitative estimate of drug-likeness (QED) is 0.0877. The van der Waals surface area contributed by atoms with Gasteiger partial charge in [0.05, 0.1) is 39.0 Å². The summed E-state index contributed by atoms with van der Waals surface area (Å²) >= 11 is 0. The summed E-state index contributed by atoms with van der Waals surface area (Å²) in [4.78, 5) is 0. The van der Waals surface area contributed by atoms with Crippen LogP contribution in [0, 0.1) is 0 Å². The Balaban J connectivity index is 1.19. The van der Waals surface area contributed by atoms with E-state index in [1.54, 1.807) is 0 Å². The second kappa shape index (κ2) is 19.3. The molecule has 5 aliphatic heterocycles. The fourth-order valence-corrected chi connectivity index (χ4v) is 11.5. The van der Waals surface area contributed by atoms with Crippen LogP contribution in [0.2, 0.25) is 0 Å². The molecule has 11 rings (SSSR count). The molecule has 0 spiro atoms. The predicted molar refractivity (Wildman–Crippen MR) is 265 cm³/mol. The standard InChI is InChI=1S/C55H54O24/c1-18(39-30(63)14-26(59)22-12-33(66)48(75-50(22)39)19-4-6-24(57)28(61)8-19)40-31(64)15-32(65)41-43-42-35(16-27(60)23-13-34(67)49(76-51(23)42)20-5-7-25(58)29(62)9-20)78-55(79-52(40)41,21-10-36(72-2)44(68)37(11-21)73-3)53(43)77-54-47(71)46(70)45(69)38(17-56)74-54/h4-11,14-16,18,33-34,38,43,45-49,53-54,56-71H,12-13,17H2,1-3H3/t18?,33-,34-,38+,43?,45+,46-,47+,48+,49+,53?,54-,55?/m0/s1. The van der Waals surface area contributed by atoms with Crippen molar-refractivity contribution in [3.63, 3.8) is 0 Å². The first-order valence-corrected chi connectivity index (χ1v) is 24.7. The largest absolute Gasteiger partial charge is 0.507 e. The van der Waals surface area contributed by atoms with Crippen LogP contribution in [0.15, 0.2) is 66.7 Å². The minimum absolute atomic E-state index is 0.00334. The number of ether oxygens (including phenoxy) is 8. The molecule has 24 nitrogen and oxygen atoms in total. The molecule has 6 aromatic carbocycles. The van der Waals surface area contributed by atoms with Gasteiger partial charge in [0.1, 0.15) is 88.4 Å². The fourth-order valence-electron chi connectivity index (χ4n) is 11.5. The molecule has 16 N–H and O–H groups in total. The lowest BCUT2D eigenvalue weighted by atomic mass is 9.72. The van der Waals surface area contributed by atoms with Gasteiger partial charge in [-0.3, -0.25) is 0 Å². The molecule has 0 saturated carbocycles. The molecule has 6 aromatic rings. The van der Waals surface area contributed by atoms with E-state index in [0.29, 0.717) is 0 Å². The van der Waals surface area contributed by atoms with Crippen molar-refractivity contribution in [1.29, 1.82) is 0 Å². The van der Waals surface area contributed by atoms with Crippen molar-refractivity contribution in [3.05, 3.63) is 117 Å². The lowest BCUT2D eigenvalue weighted by Crippen LogP contribution is -2.64. The van der Waals surface area contributed by atoms with Crippen molar-refractivity contribution in [1.82, 2.24) is 0 Å². The third-order valence-corrected chi connectivity index (χ3v) is 15.4. The van der Waals surface area contributed by atoms with Crippen LogP contribution < -0.4 is 28.4 Å². The van der Waals surface area contributed by atoms with Crippen LogP contribution >= 0.6 is 0 Å². The van der Waals surface area contributed by atoms with E-state index >= 15 is 0 Å². The third kappa shape index (κ3) is 8.20. The molecule has 4 unspecified atom stereocenters. The highest BCUT2D eigenvalue weighted by Gasteiger charge is 2.64. The third-order valence-electron chi connectivity index (χ3n) is 15.4. The number of hydrogen-bond acceptors (Lipinski definition) is 24. The molecular weight excluding hydrogens is 1040 g/mol. The van der Waals surface area contributed by atoms with Gasteiger partial charge in [0.15, 0.2) is 46.9 Å². The summed E-state index contributed by atoms with van der Waals surface area (Å²) < 4.78 is 51.0. The van der Waals surface area contributed by atoms with Gasteiger partial charge in [0.25, 0.3) is 0 Å². The first kappa shape index (κ1) is 52.8. The number of aliphatic hydroxyl groups is 6. The molecule has 0 aliphatic carbocycles. The SMILES string of the molecule is COc1cc(C23Oc4cc(O)c5c(c4C(c4c(O)cc(O)c(C(C)c6c(O)cc(O)c7c6O[C@H](c6ccc(O)c(O)c6)[C@@H](O)C7)c4O2)C3O[C@@H]2O[C@H](CO)[C@@H](O)[C@H](O)[C@H]2O)O[C@H](c2ccc(O)c(O)c2)[C@@H](O)C5)cc(OC)c1O. The van der Waals surface area contributed by atoms with Gasteiger partial charge in [-0.05, 0) is 47.5 Å². The molecular formula is C55H54O24. The van der Waals surface area contributed by atoms with E-state index in [2.05, 4.69) is 0 Å². The Morgan fingerprint density at radius 2 is 1.09 bits per heavy atom. The molecule has 0 aromatic heterocycles. The number of aromatic hydroxyl groups is 10. The minimum Gasteiger partial charge on any atom is -0.507 e. The summed E-state index contributed by atoms with van der Waals surface area (Å²) in [6, 6.07) is 12.9. The highest BCUT2D eigenvalue weighted by molar-refractivity contribution is 5.72. The number of phenolic OH excluding ortho intramolecular Hbond substituents is 10. The van der Waals surface area contributed by atoms with E-state index in [1.165, 1.54) is 51.5 Å². The van der Waals surface area contributed by atoms with Crippen LogP contribution in [-0.2, 0) is 28.1 Å². The van der Waals surface area contributed by atoms with Gasteiger partial charge < -0.3 is 120 Å². The zero-order valence-corrected chi connectivity index (χ0v) is 41.8. The van der Waals surface area contributed by atoms with Gasteiger partial charge in [0, 0.05) is 75.9 Å². The van der Waals surface area contributed by atoms with Gasteiger partial charge in [-0.2, -0.15) is 0 Å². The van der Waals surface area contributed by atoms with Crippen LogP contribution in [0.25, 0.3) is 0 Å². The van der Waals surface area contributed by atoms with E-state index in [1.807, 2.05) is 0 Å². The van der Waals surface area contributed by atoms with E-state index in [9.17, 15) is 81.7 Å². The summed E-state index contributed by atoms with van der Waals surface area (Å²) in [7, 11) is 2.43. The van der Waals surface area contributed by atoms with E-state index in [4.69, 9.17) is 37.9 Å². The molecule has 5 aliphatic rings. The number of benzene rings is 6. The Morgan fingerprint density at radius 3 is 1.65 bits per heavy atom. The van der Waals surface area contributed by atoms with Gasteiger partial charge >= 0.3 is 5.79 Å². The Hall–Kier alpha value is -8.20. The zero-order valence-electron chi connectivity index (χ0n) is 41.8. The van der Waals surface area contributed by atoms with Gasteiger partial charge in [-0.25, -0.2) is 0 Å². The average Bonchev–Trinajstić information content (AvgIpc) is 2.45. The number of methoxy groups -OCH3 is 2. The van der Waals surface area contributed by atoms with Crippen LogP contribution in [-0.4, -0.2) is 152 Å². The van der Waals surface area contributed by atoms with Crippen molar-refractivity contribution in [2.75, 3.05) is 20.8 Å². The van der Waals surface area contributed by atoms with Crippen LogP contribution in [0.1, 0.15) is 81.0 Å². The minimum atomic E-state index is -2.65. The number of rotatable bonds is 10. The summed E-state index contributed by atoms with van der Waals surface area (Å²) in [5.74, 6) is -12.9. The Kier molecular flexibility index (Phi) is 12.9. The molecule has 5 heterocycles. The highest BCUT2D eigenvalue weighted by Crippen LogP contribution is 2.66. The average molecular weight is 1100 g/mol. The normalized spacial score (nSPS) is 27.8. The lowest BCUT2D eigenvalue weighted by Gasteiger charge is -2.54. The summed E-state index contributed by atoms with van der Waals surface area (Å²) in [5.41, 5.74) is -0.598. The van der Waals surface area contributed by atoms with Crippen molar-refractivity contribution in [2.24, 2.45) is 0 Å². The maximum atomic E-state index is 12.5. The van der Waals surface area contributed by atoms with E-state index in [-0.39, 0.29) is 91.7 Å². The Bertz CT molecular complexity index is 3390. The van der Waals surface area contributed by atoms with Gasteiger partial charge in [-0.15, -0.1) is 0 Å². The van der Waals surface area contributed by atoms with Crippen LogP contribution in [0.5, 0.6) is 92.0 Å². The Labute approximate surface area is 446 Å². The van der Waals surface area contributed by atoms with Crippen LogP contribution in [0.3, 0.4) is 0 Å². The summed E-state index contributed by atoms with van der Waals surface area (Å²) in [6.45, 7) is 0.586. The zero-order chi connectivity index (χ0) is 56.4. The molecule has 1 fully saturated rings. The number of fused-ring (bicyclic) bond motifs is 9.